The second-order valence-corrected chi connectivity index (χ2v) is 4.39. The van der Waals surface area contributed by atoms with Gasteiger partial charge in [0.15, 0.2) is 0 Å². The first-order valence-electron chi connectivity index (χ1n) is 5.45. The molecule has 0 radical (unpaired) electrons. The predicted molar refractivity (Wildman–Crippen MR) is 65.1 cm³/mol. The van der Waals surface area contributed by atoms with Gasteiger partial charge >= 0.3 is 0 Å². The van der Waals surface area contributed by atoms with Gasteiger partial charge < -0.3 is 0 Å². The van der Waals surface area contributed by atoms with E-state index in [1.165, 1.54) is 12.8 Å². The fourth-order valence-corrected chi connectivity index (χ4v) is 1.77. The third-order valence-corrected chi connectivity index (χ3v) is 2.85. The molecule has 84 valence electrons. The first-order valence-corrected chi connectivity index (χ1v) is 5.83. The second kappa shape index (κ2) is 6.09. The molecule has 1 aromatic rings. The Morgan fingerprint density at radius 2 is 2.20 bits per heavy atom. The monoisotopic (exact) mass is 226 g/mol. The van der Waals surface area contributed by atoms with Gasteiger partial charge in [0, 0.05) is 12.6 Å². The maximum atomic E-state index is 5.84. The molecular formula is C12H19ClN2. The highest BCUT2D eigenvalue weighted by Gasteiger charge is 2.09. The molecule has 1 aromatic heterocycles. The van der Waals surface area contributed by atoms with Gasteiger partial charge in [0.2, 0.25) is 0 Å². The van der Waals surface area contributed by atoms with E-state index < -0.39 is 0 Å². The number of hydrogen-bond donors (Lipinski definition) is 0. The van der Waals surface area contributed by atoms with Crippen LogP contribution in [0.25, 0.3) is 0 Å². The molecule has 0 N–H and O–H groups in total. The molecule has 0 spiro atoms. The zero-order valence-electron chi connectivity index (χ0n) is 9.70. The number of rotatable bonds is 5. The molecule has 2 nitrogen and oxygen atoms in total. The molecule has 0 amide bonds. The van der Waals surface area contributed by atoms with Crippen LogP contribution in [-0.4, -0.2) is 23.0 Å². The van der Waals surface area contributed by atoms with E-state index in [2.05, 4.69) is 30.8 Å². The summed E-state index contributed by atoms with van der Waals surface area (Å²) in [6.07, 6.45) is 2.44. The first-order chi connectivity index (χ1) is 7.13. The maximum absolute atomic E-state index is 5.84. The Kier molecular flexibility index (Phi) is 5.06. The minimum absolute atomic E-state index is 0.573. The van der Waals surface area contributed by atoms with Crippen LogP contribution in [0.15, 0.2) is 18.2 Å². The van der Waals surface area contributed by atoms with E-state index in [4.69, 9.17) is 11.6 Å². The molecule has 0 aliphatic rings. The summed E-state index contributed by atoms with van der Waals surface area (Å²) in [6, 6.07) is 6.36. The van der Waals surface area contributed by atoms with Gasteiger partial charge in [-0.15, -0.1) is 0 Å². The molecule has 0 fully saturated rings. The van der Waals surface area contributed by atoms with Crippen LogP contribution in [0.5, 0.6) is 0 Å². The van der Waals surface area contributed by atoms with Crippen LogP contribution in [0, 0.1) is 0 Å². The number of hydrogen-bond acceptors (Lipinski definition) is 2. The van der Waals surface area contributed by atoms with Gasteiger partial charge in [0.1, 0.15) is 5.15 Å². The van der Waals surface area contributed by atoms with Crippen LogP contribution in [0.3, 0.4) is 0 Å². The molecule has 0 bridgehead atoms. The summed E-state index contributed by atoms with van der Waals surface area (Å²) in [7, 11) is 2.13. The average Bonchev–Trinajstić information content (AvgIpc) is 2.18. The van der Waals surface area contributed by atoms with E-state index in [-0.39, 0.29) is 0 Å². The normalized spacial score (nSPS) is 13.1. The third kappa shape index (κ3) is 4.18. The molecule has 0 saturated carbocycles. The van der Waals surface area contributed by atoms with Crippen LogP contribution in [0.4, 0.5) is 0 Å². The molecular weight excluding hydrogens is 208 g/mol. The van der Waals surface area contributed by atoms with Crippen molar-refractivity contribution in [1.29, 1.82) is 0 Å². The molecule has 1 unspecified atom stereocenters. The lowest BCUT2D eigenvalue weighted by molar-refractivity contribution is 0.234. The van der Waals surface area contributed by atoms with E-state index >= 15 is 0 Å². The first kappa shape index (κ1) is 12.5. The van der Waals surface area contributed by atoms with Gasteiger partial charge in [-0.25, -0.2) is 4.98 Å². The second-order valence-electron chi connectivity index (χ2n) is 4.00. The van der Waals surface area contributed by atoms with Crippen molar-refractivity contribution in [2.75, 3.05) is 7.05 Å². The molecule has 0 aliphatic carbocycles. The zero-order valence-corrected chi connectivity index (χ0v) is 10.5. The topological polar surface area (TPSA) is 16.1 Å². The van der Waals surface area contributed by atoms with E-state index in [0.717, 1.165) is 12.2 Å². The van der Waals surface area contributed by atoms with Crippen LogP contribution < -0.4 is 0 Å². The van der Waals surface area contributed by atoms with E-state index in [1.807, 2.05) is 12.1 Å². The standard InChI is InChI=1S/C12H19ClN2/c1-4-6-10(2)15(3)9-11-7-5-8-12(13)14-11/h5,7-8,10H,4,6,9H2,1-3H3. The van der Waals surface area contributed by atoms with Crippen LogP contribution in [-0.2, 0) is 6.54 Å². The highest BCUT2D eigenvalue weighted by atomic mass is 35.5. The lowest BCUT2D eigenvalue weighted by Crippen LogP contribution is -2.28. The van der Waals surface area contributed by atoms with Crippen molar-refractivity contribution in [1.82, 2.24) is 9.88 Å². The van der Waals surface area contributed by atoms with Gasteiger partial charge in [0.05, 0.1) is 5.69 Å². The summed E-state index contributed by atoms with van der Waals surface area (Å²) in [4.78, 5) is 6.59. The Morgan fingerprint density at radius 3 is 2.80 bits per heavy atom. The van der Waals surface area contributed by atoms with Gasteiger partial charge in [-0.3, -0.25) is 4.90 Å². The number of halogens is 1. The molecule has 1 atom stereocenters. The van der Waals surface area contributed by atoms with Crippen LogP contribution in [0.1, 0.15) is 32.4 Å². The van der Waals surface area contributed by atoms with Crippen molar-refractivity contribution >= 4 is 11.6 Å². The predicted octanol–water partition coefficient (Wildman–Crippen LogP) is 3.36. The summed E-state index contributed by atoms with van der Waals surface area (Å²) in [6.45, 7) is 5.32. The van der Waals surface area contributed by atoms with Crippen molar-refractivity contribution in [3.05, 3.63) is 29.0 Å². The molecule has 0 saturated heterocycles. The van der Waals surface area contributed by atoms with Crippen LogP contribution >= 0.6 is 11.6 Å². The number of nitrogens with zero attached hydrogens (tertiary/aromatic N) is 2. The summed E-state index contributed by atoms with van der Waals surface area (Å²) < 4.78 is 0. The van der Waals surface area contributed by atoms with E-state index in [9.17, 15) is 0 Å². The van der Waals surface area contributed by atoms with Crippen LogP contribution in [0.2, 0.25) is 5.15 Å². The summed E-state index contributed by atoms with van der Waals surface area (Å²) >= 11 is 5.84. The minimum Gasteiger partial charge on any atom is -0.298 e. The smallest absolute Gasteiger partial charge is 0.129 e. The third-order valence-electron chi connectivity index (χ3n) is 2.64. The lowest BCUT2D eigenvalue weighted by Gasteiger charge is -2.23. The van der Waals surface area contributed by atoms with E-state index in [0.29, 0.717) is 11.2 Å². The minimum atomic E-state index is 0.573. The molecule has 0 aliphatic heterocycles. The fraction of sp³-hybridized carbons (Fsp3) is 0.583. The number of aromatic nitrogens is 1. The Hall–Kier alpha value is -0.600. The van der Waals surface area contributed by atoms with Gasteiger partial charge in [-0.05, 0) is 32.5 Å². The van der Waals surface area contributed by atoms with E-state index in [1.54, 1.807) is 6.07 Å². The summed E-state index contributed by atoms with van der Waals surface area (Å²) in [5, 5.41) is 0.573. The summed E-state index contributed by atoms with van der Waals surface area (Å²) in [5.41, 5.74) is 1.04. The summed E-state index contributed by atoms with van der Waals surface area (Å²) in [5.74, 6) is 0. The highest BCUT2D eigenvalue weighted by molar-refractivity contribution is 6.29. The lowest BCUT2D eigenvalue weighted by atomic mass is 10.1. The van der Waals surface area contributed by atoms with Crippen molar-refractivity contribution in [2.24, 2.45) is 0 Å². The molecule has 0 aromatic carbocycles. The maximum Gasteiger partial charge on any atom is 0.129 e. The van der Waals surface area contributed by atoms with Gasteiger partial charge in [0.25, 0.3) is 0 Å². The largest absolute Gasteiger partial charge is 0.298 e. The fourth-order valence-electron chi connectivity index (χ4n) is 1.59. The quantitative estimate of drug-likeness (QED) is 0.716. The SMILES string of the molecule is CCCC(C)N(C)Cc1cccc(Cl)n1. The van der Waals surface area contributed by atoms with Crippen molar-refractivity contribution in [3.63, 3.8) is 0 Å². The zero-order chi connectivity index (χ0) is 11.3. The van der Waals surface area contributed by atoms with Gasteiger partial charge in [-0.2, -0.15) is 0 Å². The van der Waals surface area contributed by atoms with Crippen molar-refractivity contribution < 1.29 is 0 Å². The molecule has 15 heavy (non-hydrogen) atoms. The Bertz CT molecular complexity index is 301. The Morgan fingerprint density at radius 1 is 1.47 bits per heavy atom. The molecule has 1 heterocycles. The Labute approximate surface area is 97.3 Å². The molecule has 3 heteroatoms. The van der Waals surface area contributed by atoms with Crippen molar-refractivity contribution in [3.8, 4) is 0 Å². The average molecular weight is 227 g/mol. The highest BCUT2D eigenvalue weighted by Crippen LogP contribution is 2.10. The van der Waals surface area contributed by atoms with Gasteiger partial charge in [-0.1, -0.05) is 31.0 Å². The molecule has 1 rings (SSSR count). The Balaban J connectivity index is 2.54. The number of pyridine rings is 1. The van der Waals surface area contributed by atoms with Crippen molar-refractivity contribution in [2.45, 2.75) is 39.3 Å².